The molecule has 0 aromatic heterocycles. The Morgan fingerprint density at radius 2 is 1.95 bits per heavy atom. The highest BCUT2D eigenvalue weighted by atomic mass is 16.2. The molecule has 0 bridgehead atoms. The fourth-order valence-electron chi connectivity index (χ4n) is 2.35. The number of rotatable bonds is 4. The lowest BCUT2D eigenvalue weighted by molar-refractivity contribution is -0.133. The van der Waals surface area contributed by atoms with Gasteiger partial charge >= 0.3 is 0 Å². The zero-order valence-corrected chi connectivity index (χ0v) is 11.8. The highest BCUT2D eigenvalue weighted by Crippen LogP contribution is 2.20. The molecular formula is C17H18N2O. The number of hydrogen-bond acceptors (Lipinski definition) is 2. The van der Waals surface area contributed by atoms with E-state index in [1.54, 1.807) is 11.9 Å². The quantitative estimate of drug-likeness (QED) is 0.851. The van der Waals surface area contributed by atoms with Gasteiger partial charge in [0.2, 0.25) is 5.91 Å². The van der Waals surface area contributed by atoms with Gasteiger partial charge in [0, 0.05) is 13.6 Å². The SMILES string of the molecule is CCC(C#N)C(=O)N(C)Cc1cccc2ccccc12. The molecule has 0 saturated heterocycles. The highest BCUT2D eigenvalue weighted by Gasteiger charge is 2.20. The first-order valence-electron chi connectivity index (χ1n) is 6.78. The Morgan fingerprint density at radius 3 is 2.65 bits per heavy atom. The zero-order chi connectivity index (χ0) is 14.5. The number of carbonyl (C=O) groups excluding carboxylic acids is 1. The van der Waals surface area contributed by atoms with Gasteiger partial charge in [-0.3, -0.25) is 4.79 Å². The number of nitriles is 1. The van der Waals surface area contributed by atoms with Gasteiger partial charge in [-0.05, 0) is 22.8 Å². The molecule has 1 atom stereocenters. The Bertz CT molecular complexity index is 652. The average molecular weight is 266 g/mol. The van der Waals surface area contributed by atoms with E-state index in [4.69, 9.17) is 5.26 Å². The van der Waals surface area contributed by atoms with Crippen molar-refractivity contribution in [3.63, 3.8) is 0 Å². The monoisotopic (exact) mass is 266 g/mol. The maximum Gasteiger partial charge on any atom is 0.239 e. The third kappa shape index (κ3) is 2.80. The molecule has 20 heavy (non-hydrogen) atoms. The van der Waals surface area contributed by atoms with E-state index in [-0.39, 0.29) is 5.91 Å². The van der Waals surface area contributed by atoms with Crippen LogP contribution in [0.4, 0.5) is 0 Å². The topological polar surface area (TPSA) is 44.1 Å². The summed E-state index contributed by atoms with van der Waals surface area (Å²) in [7, 11) is 1.75. The summed E-state index contributed by atoms with van der Waals surface area (Å²) in [5, 5.41) is 11.3. The Hall–Kier alpha value is -2.34. The van der Waals surface area contributed by atoms with E-state index in [0.29, 0.717) is 13.0 Å². The normalized spacial score (nSPS) is 11.8. The van der Waals surface area contributed by atoms with Crippen LogP contribution < -0.4 is 0 Å². The van der Waals surface area contributed by atoms with Crippen LogP contribution in [0, 0.1) is 17.2 Å². The van der Waals surface area contributed by atoms with Crippen LogP contribution in [0.1, 0.15) is 18.9 Å². The molecule has 3 heteroatoms. The Balaban J connectivity index is 2.24. The molecular weight excluding hydrogens is 248 g/mol. The van der Waals surface area contributed by atoms with Crippen LogP contribution in [0.15, 0.2) is 42.5 Å². The molecule has 1 unspecified atom stereocenters. The van der Waals surface area contributed by atoms with Crippen molar-refractivity contribution in [1.82, 2.24) is 4.90 Å². The van der Waals surface area contributed by atoms with Crippen LogP contribution in [-0.4, -0.2) is 17.9 Å². The van der Waals surface area contributed by atoms with Gasteiger partial charge in [0.1, 0.15) is 5.92 Å². The van der Waals surface area contributed by atoms with Crippen LogP contribution in [-0.2, 0) is 11.3 Å². The lowest BCUT2D eigenvalue weighted by atomic mass is 10.0. The van der Waals surface area contributed by atoms with Gasteiger partial charge in [-0.2, -0.15) is 5.26 Å². The first-order chi connectivity index (χ1) is 9.67. The number of amides is 1. The summed E-state index contributed by atoms with van der Waals surface area (Å²) in [6.07, 6.45) is 0.551. The molecule has 0 heterocycles. The molecule has 2 aromatic carbocycles. The molecule has 0 N–H and O–H groups in total. The Kier molecular flexibility index (Phi) is 4.37. The van der Waals surface area contributed by atoms with Gasteiger partial charge < -0.3 is 4.90 Å². The highest BCUT2D eigenvalue weighted by molar-refractivity contribution is 5.86. The first kappa shape index (κ1) is 14.1. The second-order valence-electron chi connectivity index (χ2n) is 4.92. The fraction of sp³-hybridized carbons (Fsp3) is 0.294. The second-order valence-corrected chi connectivity index (χ2v) is 4.92. The van der Waals surface area contributed by atoms with Gasteiger partial charge in [0.05, 0.1) is 6.07 Å². The van der Waals surface area contributed by atoms with Gasteiger partial charge in [0.25, 0.3) is 0 Å². The average Bonchev–Trinajstić information content (AvgIpc) is 2.48. The van der Waals surface area contributed by atoms with E-state index >= 15 is 0 Å². The van der Waals surface area contributed by atoms with Crippen LogP contribution in [0.2, 0.25) is 0 Å². The third-order valence-electron chi connectivity index (χ3n) is 3.53. The largest absolute Gasteiger partial charge is 0.340 e. The predicted octanol–water partition coefficient (Wildman–Crippen LogP) is 3.35. The third-order valence-corrected chi connectivity index (χ3v) is 3.53. The summed E-state index contributed by atoms with van der Waals surface area (Å²) in [4.78, 5) is 13.8. The standard InChI is InChI=1S/C17H18N2O/c1-3-13(11-18)17(20)19(2)12-15-9-6-8-14-7-4-5-10-16(14)15/h4-10,13H,3,12H2,1-2H3. The summed E-state index contributed by atoms with van der Waals surface area (Å²) >= 11 is 0. The van der Waals surface area contributed by atoms with Crippen molar-refractivity contribution in [3.8, 4) is 6.07 Å². The molecule has 1 amide bonds. The molecule has 3 nitrogen and oxygen atoms in total. The van der Waals surface area contributed by atoms with Crippen LogP contribution in [0.5, 0.6) is 0 Å². The predicted molar refractivity (Wildman–Crippen MR) is 79.8 cm³/mol. The van der Waals surface area contributed by atoms with Crippen molar-refractivity contribution in [1.29, 1.82) is 5.26 Å². The van der Waals surface area contributed by atoms with Gasteiger partial charge in [0.15, 0.2) is 0 Å². The number of fused-ring (bicyclic) bond motifs is 1. The minimum absolute atomic E-state index is 0.108. The van der Waals surface area contributed by atoms with Gasteiger partial charge in [-0.1, -0.05) is 49.4 Å². The minimum atomic E-state index is -0.546. The molecule has 0 aliphatic carbocycles. The molecule has 0 fully saturated rings. The second kappa shape index (κ2) is 6.21. The zero-order valence-electron chi connectivity index (χ0n) is 11.8. The maximum absolute atomic E-state index is 12.1. The van der Waals surface area contributed by atoms with Crippen molar-refractivity contribution in [2.45, 2.75) is 19.9 Å². The van der Waals surface area contributed by atoms with Crippen molar-refractivity contribution in [2.24, 2.45) is 5.92 Å². The maximum atomic E-state index is 12.1. The smallest absolute Gasteiger partial charge is 0.239 e. The molecule has 0 aliphatic rings. The number of carbonyl (C=O) groups is 1. The molecule has 2 aromatic rings. The molecule has 0 radical (unpaired) electrons. The summed E-state index contributed by atoms with van der Waals surface area (Å²) in [6, 6.07) is 16.3. The van der Waals surface area contributed by atoms with Crippen LogP contribution >= 0.6 is 0 Å². The molecule has 102 valence electrons. The number of hydrogen-bond donors (Lipinski definition) is 0. The molecule has 0 saturated carbocycles. The fourth-order valence-corrected chi connectivity index (χ4v) is 2.35. The summed E-state index contributed by atoms with van der Waals surface area (Å²) in [5.74, 6) is -0.655. The molecule has 0 spiro atoms. The van der Waals surface area contributed by atoms with Gasteiger partial charge in [-0.15, -0.1) is 0 Å². The van der Waals surface area contributed by atoms with E-state index < -0.39 is 5.92 Å². The first-order valence-corrected chi connectivity index (χ1v) is 6.78. The van der Waals surface area contributed by atoms with E-state index in [2.05, 4.69) is 24.3 Å². The van der Waals surface area contributed by atoms with E-state index in [1.165, 1.54) is 0 Å². The van der Waals surface area contributed by atoms with Crippen molar-refractivity contribution in [3.05, 3.63) is 48.0 Å². The van der Waals surface area contributed by atoms with Crippen LogP contribution in [0.3, 0.4) is 0 Å². The van der Waals surface area contributed by atoms with Crippen molar-refractivity contribution < 1.29 is 4.79 Å². The number of benzene rings is 2. The van der Waals surface area contributed by atoms with E-state index in [1.807, 2.05) is 31.2 Å². The van der Waals surface area contributed by atoms with Crippen molar-refractivity contribution >= 4 is 16.7 Å². The van der Waals surface area contributed by atoms with Crippen LogP contribution in [0.25, 0.3) is 10.8 Å². The summed E-state index contributed by atoms with van der Waals surface area (Å²) in [6.45, 7) is 2.38. The Morgan fingerprint density at radius 1 is 1.25 bits per heavy atom. The summed E-state index contributed by atoms with van der Waals surface area (Å²) < 4.78 is 0. The Labute approximate surface area is 119 Å². The summed E-state index contributed by atoms with van der Waals surface area (Å²) in [5.41, 5.74) is 1.10. The molecule has 2 rings (SSSR count). The van der Waals surface area contributed by atoms with Gasteiger partial charge in [-0.25, -0.2) is 0 Å². The van der Waals surface area contributed by atoms with E-state index in [9.17, 15) is 4.79 Å². The minimum Gasteiger partial charge on any atom is -0.340 e. The molecule has 0 aliphatic heterocycles. The number of nitrogens with zero attached hydrogens (tertiary/aromatic N) is 2. The lowest BCUT2D eigenvalue weighted by Gasteiger charge is -2.20. The lowest BCUT2D eigenvalue weighted by Crippen LogP contribution is -2.31. The van der Waals surface area contributed by atoms with E-state index in [0.717, 1.165) is 16.3 Å². The van der Waals surface area contributed by atoms with Crippen molar-refractivity contribution in [2.75, 3.05) is 7.05 Å².